The first-order valence-electron chi connectivity index (χ1n) is 13.8. The van der Waals surface area contributed by atoms with E-state index in [2.05, 4.69) is 0 Å². The first-order valence-corrected chi connectivity index (χ1v) is 15.7. The Morgan fingerprint density at radius 1 is 1.00 bits per heavy atom. The summed E-state index contributed by atoms with van der Waals surface area (Å²) in [5, 5.41) is 9.20. The molecule has 4 atom stereocenters. The largest absolute Gasteiger partial charge is 0.486 e. The maximum absolute atomic E-state index is 15.2. The van der Waals surface area contributed by atoms with E-state index >= 15 is 4.39 Å². The SMILES string of the molecule is Cc1cc(OC(C2CC2)S(C)(=O)=O)cc(C)c1-c1ccc(F)c2c1CC[C@H]2Oc1ccc([C@H]2C[C@@H]2C(=O)O)cc1. The highest BCUT2D eigenvalue weighted by atomic mass is 32.2. The number of aliphatic carboxylic acids is 1. The lowest BCUT2D eigenvalue weighted by Gasteiger charge is -2.21. The molecule has 8 heteroatoms. The summed E-state index contributed by atoms with van der Waals surface area (Å²) in [4.78, 5) is 11.2. The quantitative estimate of drug-likeness (QED) is 0.318. The molecule has 3 aromatic rings. The number of fused-ring (bicyclic) bond motifs is 1. The third-order valence-corrected chi connectivity index (χ3v) is 9.76. The van der Waals surface area contributed by atoms with Gasteiger partial charge in [0.15, 0.2) is 9.84 Å². The van der Waals surface area contributed by atoms with Crippen molar-refractivity contribution in [3.8, 4) is 22.6 Å². The highest BCUT2D eigenvalue weighted by Crippen LogP contribution is 2.48. The zero-order chi connectivity index (χ0) is 28.3. The molecular weight excluding hydrogens is 531 g/mol. The van der Waals surface area contributed by atoms with Crippen LogP contribution in [0.25, 0.3) is 11.1 Å². The van der Waals surface area contributed by atoms with E-state index in [0.29, 0.717) is 36.3 Å². The highest BCUT2D eigenvalue weighted by molar-refractivity contribution is 7.91. The standard InChI is InChI=1S/C32H33FO6S/c1-17-14-22(39-32(20-4-5-20)40(3,36)37)15-18(2)29(17)23-10-12-27(33)30-24(23)11-13-28(30)38-21-8-6-19(7-9-21)25-16-26(25)31(34)35/h6-10,12,14-15,20,25-26,28,32H,4-5,11,13,16H2,1-3H3,(H,34,35)/t25-,26+,28-,32?/m1/s1. The summed E-state index contributed by atoms with van der Waals surface area (Å²) in [5.41, 5.74) is 5.47. The Hall–Kier alpha value is -3.39. The van der Waals surface area contributed by atoms with Gasteiger partial charge in [-0.2, -0.15) is 0 Å². The minimum absolute atomic E-state index is 0.0409. The minimum Gasteiger partial charge on any atom is -0.486 e. The van der Waals surface area contributed by atoms with E-state index in [-0.39, 0.29) is 23.6 Å². The van der Waals surface area contributed by atoms with Crippen LogP contribution in [0.4, 0.5) is 4.39 Å². The minimum atomic E-state index is -3.34. The lowest BCUT2D eigenvalue weighted by molar-refractivity contribution is -0.138. The van der Waals surface area contributed by atoms with Gasteiger partial charge in [0.2, 0.25) is 5.44 Å². The molecule has 0 aliphatic heterocycles. The Balaban J connectivity index is 1.25. The Bertz CT molecular complexity index is 1570. The van der Waals surface area contributed by atoms with Crippen LogP contribution in [-0.2, 0) is 21.1 Å². The second kappa shape index (κ2) is 9.91. The smallest absolute Gasteiger partial charge is 0.307 e. The lowest BCUT2D eigenvalue weighted by Crippen LogP contribution is -2.28. The van der Waals surface area contributed by atoms with E-state index < -0.39 is 27.3 Å². The van der Waals surface area contributed by atoms with Gasteiger partial charge in [0.1, 0.15) is 23.4 Å². The summed E-state index contributed by atoms with van der Waals surface area (Å²) in [6.07, 6.45) is 4.48. The van der Waals surface area contributed by atoms with Gasteiger partial charge in [-0.3, -0.25) is 4.79 Å². The number of carbonyl (C=O) groups is 1. The number of aryl methyl sites for hydroxylation is 2. The molecule has 210 valence electrons. The zero-order valence-corrected chi connectivity index (χ0v) is 23.6. The van der Waals surface area contributed by atoms with Crippen LogP contribution >= 0.6 is 0 Å². The topological polar surface area (TPSA) is 89.9 Å². The lowest BCUT2D eigenvalue weighted by atomic mass is 9.90. The van der Waals surface area contributed by atoms with Gasteiger partial charge in [-0.25, -0.2) is 12.8 Å². The molecule has 3 aliphatic carbocycles. The van der Waals surface area contributed by atoms with Crippen molar-refractivity contribution in [3.63, 3.8) is 0 Å². The van der Waals surface area contributed by atoms with Crippen LogP contribution in [0.2, 0.25) is 0 Å². The number of halogens is 1. The fourth-order valence-corrected chi connectivity index (χ4v) is 7.53. The van der Waals surface area contributed by atoms with E-state index in [1.165, 1.54) is 12.3 Å². The van der Waals surface area contributed by atoms with Crippen molar-refractivity contribution in [3.05, 3.63) is 82.2 Å². The highest BCUT2D eigenvalue weighted by Gasteiger charge is 2.44. The number of hydrogen-bond acceptors (Lipinski definition) is 5. The Kier molecular flexibility index (Phi) is 6.64. The van der Waals surface area contributed by atoms with Crippen LogP contribution in [0, 0.1) is 31.5 Å². The van der Waals surface area contributed by atoms with Crippen molar-refractivity contribution in [2.24, 2.45) is 11.8 Å². The third kappa shape index (κ3) is 5.09. The van der Waals surface area contributed by atoms with Crippen molar-refractivity contribution < 1.29 is 32.2 Å². The summed E-state index contributed by atoms with van der Waals surface area (Å²) < 4.78 is 52.1. The Morgan fingerprint density at radius 3 is 2.25 bits per heavy atom. The van der Waals surface area contributed by atoms with E-state index in [4.69, 9.17) is 9.47 Å². The summed E-state index contributed by atoms with van der Waals surface area (Å²) in [6, 6.07) is 14.5. The zero-order valence-electron chi connectivity index (χ0n) is 22.8. The van der Waals surface area contributed by atoms with Crippen LogP contribution in [0.15, 0.2) is 48.5 Å². The number of benzene rings is 3. The molecule has 3 aromatic carbocycles. The molecule has 0 saturated heterocycles. The molecule has 0 bridgehead atoms. The van der Waals surface area contributed by atoms with Crippen molar-refractivity contribution in [2.75, 3.05) is 6.26 Å². The predicted octanol–water partition coefficient (Wildman–Crippen LogP) is 6.52. The van der Waals surface area contributed by atoms with Crippen molar-refractivity contribution in [1.82, 2.24) is 0 Å². The van der Waals surface area contributed by atoms with Gasteiger partial charge in [-0.1, -0.05) is 18.2 Å². The number of ether oxygens (including phenoxy) is 2. The molecule has 1 N–H and O–H groups in total. The molecule has 0 radical (unpaired) electrons. The number of hydrogen-bond donors (Lipinski definition) is 1. The number of carboxylic acid groups (broad SMARTS) is 1. The van der Waals surface area contributed by atoms with E-state index in [0.717, 1.165) is 46.2 Å². The first kappa shape index (κ1) is 26.8. The Labute approximate surface area is 234 Å². The molecule has 6 rings (SSSR count). The molecule has 40 heavy (non-hydrogen) atoms. The van der Waals surface area contributed by atoms with Crippen LogP contribution in [0.5, 0.6) is 11.5 Å². The van der Waals surface area contributed by atoms with E-state index in [1.54, 1.807) is 0 Å². The molecule has 0 spiro atoms. The second-order valence-electron chi connectivity index (χ2n) is 11.6. The van der Waals surface area contributed by atoms with Gasteiger partial charge in [-0.05, 0) is 116 Å². The average Bonchev–Trinajstić information content (AvgIpc) is 3.81. The Morgan fingerprint density at radius 2 is 1.68 bits per heavy atom. The first-order chi connectivity index (χ1) is 19.0. The van der Waals surface area contributed by atoms with E-state index in [1.807, 2.05) is 56.3 Å². The molecule has 2 saturated carbocycles. The van der Waals surface area contributed by atoms with Crippen molar-refractivity contribution in [1.29, 1.82) is 0 Å². The molecule has 1 unspecified atom stereocenters. The molecule has 0 heterocycles. The normalized spacial score (nSPS) is 22.4. The molecule has 2 fully saturated rings. The van der Waals surface area contributed by atoms with Crippen molar-refractivity contribution >= 4 is 15.8 Å². The summed E-state index contributed by atoms with van der Waals surface area (Å²) >= 11 is 0. The van der Waals surface area contributed by atoms with Crippen LogP contribution in [-0.4, -0.2) is 31.2 Å². The summed E-state index contributed by atoms with van der Waals surface area (Å²) in [5.74, 6) is -0.117. The van der Waals surface area contributed by atoms with Gasteiger partial charge < -0.3 is 14.6 Å². The molecule has 3 aliphatic rings. The van der Waals surface area contributed by atoms with Gasteiger partial charge in [-0.15, -0.1) is 0 Å². The van der Waals surface area contributed by atoms with Crippen LogP contribution in [0.1, 0.15) is 65.5 Å². The predicted molar refractivity (Wildman–Crippen MR) is 150 cm³/mol. The molecule has 6 nitrogen and oxygen atoms in total. The van der Waals surface area contributed by atoms with Gasteiger partial charge >= 0.3 is 5.97 Å². The number of rotatable bonds is 9. The second-order valence-corrected chi connectivity index (χ2v) is 13.7. The average molecular weight is 565 g/mol. The van der Waals surface area contributed by atoms with Crippen LogP contribution < -0.4 is 9.47 Å². The molecule has 0 aromatic heterocycles. The number of carboxylic acids is 1. The van der Waals surface area contributed by atoms with Crippen molar-refractivity contribution in [2.45, 2.75) is 63.4 Å². The van der Waals surface area contributed by atoms with Gasteiger partial charge in [0.05, 0.1) is 5.92 Å². The monoisotopic (exact) mass is 564 g/mol. The fraction of sp³-hybridized carbons (Fsp3) is 0.406. The van der Waals surface area contributed by atoms with Crippen LogP contribution in [0.3, 0.4) is 0 Å². The fourth-order valence-electron chi connectivity index (χ4n) is 6.27. The van der Waals surface area contributed by atoms with Gasteiger partial charge in [0, 0.05) is 17.7 Å². The maximum atomic E-state index is 15.2. The molecule has 0 amide bonds. The maximum Gasteiger partial charge on any atom is 0.307 e. The summed E-state index contributed by atoms with van der Waals surface area (Å²) in [6.45, 7) is 3.94. The number of sulfone groups is 1. The molecular formula is C32H33FO6S. The van der Waals surface area contributed by atoms with Gasteiger partial charge in [0.25, 0.3) is 0 Å². The van der Waals surface area contributed by atoms with E-state index in [9.17, 15) is 18.3 Å². The summed E-state index contributed by atoms with van der Waals surface area (Å²) in [7, 11) is -3.34. The third-order valence-electron chi connectivity index (χ3n) is 8.43.